The maximum absolute atomic E-state index is 13.7. The van der Waals surface area contributed by atoms with Crippen molar-refractivity contribution in [1.29, 1.82) is 0 Å². The van der Waals surface area contributed by atoms with Crippen LogP contribution in [0.4, 0.5) is 4.39 Å². The second-order valence-electron chi connectivity index (χ2n) is 6.33. The number of amides is 1. The van der Waals surface area contributed by atoms with Gasteiger partial charge >= 0.3 is 0 Å². The Morgan fingerprint density at radius 2 is 2.17 bits per heavy atom. The molecule has 24 heavy (non-hydrogen) atoms. The fourth-order valence-corrected chi connectivity index (χ4v) is 4.35. The van der Waals surface area contributed by atoms with Crippen LogP contribution in [-0.4, -0.2) is 23.4 Å². The van der Waals surface area contributed by atoms with Crippen LogP contribution in [0.3, 0.4) is 0 Å². The van der Waals surface area contributed by atoms with Crippen molar-refractivity contribution in [3.8, 4) is 0 Å². The van der Waals surface area contributed by atoms with Gasteiger partial charge in [0.15, 0.2) is 0 Å². The van der Waals surface area contributed by atoms with E-state index >= 15 is 0 Å². The summed E-state index contributed by atoms with van der Waals surface area (Å²) >= 11 is 1.81. The van der Waals surface area contributed by atoms with Crippen LogP contribution >= 0.6 is 11.3 Å². The predicted octanol–water partition coefficient (Wildman–Crippen LogP) is 4.04. The minimum Gasteiger partial charge on any atom is -0.351 e. The summed E-state index contributed by atoms with van der Waals surface area (Å²) in [6, 6.07) is 11.0. The van der Waals surface area contributed by atoms with E-state index < -0.39 is 0 Å². The number of nitrogens with one attached hydrogen (secondary N) is 1. The summed E-state index contributed by atoms with van der Waals surface area (Å²) in [4.78, 5) is 17.4. The Morgan fingerprint density at radius 3 is 2.88 bits per heavy atom. The number of carbonyl (C=O) groups is 1. The molecule has 1 saturated heterocycles. The van der Waals surface area contributed by atoms with Crippen LogP contribution in [-0.2, 0) is 11.3 Å². The van der Waals surface area contributed by atoms with Gasteiger partial charge in [0.05, 0.1) is 6.04 Å². The first kappa shape index (κ1) is 17.1. The highest BCUT2D eigenvalue weighted by Gasteiger charge is 2.33. The maximum atomic E-state index is 13.7. The first-order valence-electron chi connectivity index (χ1n) is 8.39. The lowest BCUT2D eigenvalue weighted by molar-refractivity contribution is -0.126. The molecule has 2 unspecified atom stereocenters. The molecule has 1 amide bonds. The number of likely N-dealkylation sites (tertiary alicyclic amines) is 1. The van der Waals surface area contributed by atoms with Crippen molar-refractivity contribution < 1.29 is 9.18 Å². The number of carbonyl (C=O) groups excluding carboxylic acids is 1. The molecule has 1 aliphatic heterocycles. The molecule has 1 aromatic carbocycles. The zero-order valence-electron chi connectivity index (χ0n) is 14.1. The Labute approximate surface area is 146 Å². The molecule has 1 fully saturated rings. The first-order chi connectivity index (χ1) is 11.6. The van der Waals surface area contributed by atoms with E-state index in [0.29, 0.717) is 11.6 Å². The van der Waals surface area contributed by atoms with Gasteiger partial charge in [-0.05, 0) is 51.4 Å². The SMILES string of the molecule is Cc1ccc(C2CCCN2C(C)C(=O)NCc2ccccc2F)s1. The zero-order chi connectivity index (χ0) is 17.1. The van der Waals surface area contributed by atoms with Crippen molar-refractivity contribution in [2.24, 2.45) is 0 Å². The molecule has 2 atom stereocenters. The number of rotatable bonds is 5. The molecule has 0 radical (unpaired) electrons. The van der Waals surface area contributed by atoms with Gasteiger partial charge in [-0.25, -0.2) is 4.39 Å². The van der Waals surface area contributed by atoms with Gasteiger partial charge in [0, 0.05) is 27.9 Å². The molecule has 0 spiro atoms. The van der Waals surface area contributed by atoms with E-state index in [1.54, 1.807) is 18.2 Å². The fraction of sp³-hybridized carbons (Fsp3) is 0.421. The van der Waals surface area contributed by atoms with E-state index in [9.17, 15) is 9.18 Å². The molecule has 0 saturated carbocycles. The number of nitrogens with zero attached hydrogens (tertiary/aromatic N) is 1. The zero-order valence-corrected chi connectivity index (χ0v) is 14.9. The van der Waals surface area contributed by atoms with Gasteiger partial charge in [-0.2, -0.15) is 0 Å². The monoisotopic (exact) mass is 346 g/mol. The predicted molar refractivity (Wildman–Crippen MR) is 95.4 cm³/mol. The van der Waals surface area contributed by atoms with Crippen molar-refractivity contribution >= 4 is 17.2 Å². The van der Waals surface area contributed by atoms with Crippen molar-refractivity contribution in [3.63, 3.8) is 0 Å². The molecule has 1 N–H and O–H groups in total. The fourth-order valence-electron chi connectivity index (χ4n) is 3.31. The lowest BCUT2D eigenvalue weighted by Gasteiger charge is -2.29. The smallest absolute Gasteiger partial charge is 0.237 e. The largest absolute Gasteiger partial charge is 0.351 e. The van der Waals surface area contributed by atoms with Crippen LogP contribution in [0, 0.1) is 12.7 Å². The average molecular weight is 346 g/mol. The van der Waals surface area contributed by atoms with Crippen LogP contribution in [0.5, 0.6) is 0 Å². The highest BCUT2D eigenvalue weighted by molar-refractivity contribution is 7.12. The lowest BCUT2D eigenvalue weighted by Crippen LogP contribution is -2.44. The quantitative estimate of drug-likeness (QED) is 0.886. The first-order valence-corrected chi connectivity index (χ1v) is 9.21. The Kier molecular flexibility index (Phi) is 5.31. The number of halogens is 1. The summed E-state index contributed by atoms with van der Waals surface area (Å²) < 4.78 is 13.7. The number of hydrogen-bond acceptors (Lipinski definition) is 3. The van der Waals surface area contributed by atoms with E-state index in [-0.39, 0.29) is 24.3 Å². The number of hydrogen-bond donors (Lipinski definition) is 1. The number of benzene rings is 1. The van der Waals surface area contributed by atoms with Crippen LogP contribution < -0.4 is 5.32 Å². The third-order valence-corrected chi connectivity index (χ3v) is 5.77. The molecule has 1 aliphatic rings. The van der Waals surface area contributed by atoms with Crippen LogP contribution in [0.15, 0.2) is 36.4 Å². The lowest BCUT2D eigenvalue weighted by atomic mass is 10.1. The summed E-state index contributed by atoms with van der Waals surface area (Å²) in [5.74, 6) is -0.322. The van der Waals surface area contributed by atoms with E-state index in [0.717, 1.165) is 19.4 Å². The van der Waals surface area contributed by atoms with Crippen LogP contribution in [0.2, 0.25) is 0 Å². The Morgan fingerprint density at radius 1 is 1.38 bits per heavy atom. The number of aryl methyl sites for hydroxylation is 1. The molecular formula is C19H23FN2OS. The van der Waals surface area contributed by atoms with Gasteiger partial charge in [-0.15, -0.1) is 11.3 Å². The molecular weight excluding hydrogens is 323 g/mol. The van der Waals surface area contributed by atoms with E-state index in [1.807, 2.05) is 18.3 Å². The third kappa shape index (κ3) is 3.68. The molecule has 5 heteroatoms. The Bertz CT molecular complexity index is 715. The van der Waals surface area contributed by atoms with Crippen molar-refractivity contribution in [3.05, 3.63) is 57.5 Å². The van der Waals surface area contributed by atoms with E-state index in [1.165, 1.54) is 15.8 Å². The summed E-state index contributed by atoms with van der Waals surface area (Å²) in [6.45, 7) is 5.20. The van der Waals surface area contributed by atoms with Gasteiger partial charge in [0.2, 0.25) is 5.91 Å². The highest BCUT2D eigenvalue weighted by Crippen LogP contribution is 2.37. The third-order valence-electron chi connectivity index (χ3n) is 4.67. The molecule has 3 rings (SSSR count). The molecule has 2 aromatic rings. The molecule has 1 aromatic heterocycles. The topological polar surface area (TPSA) is 32.3 Å². The van der Waals surface area contributed by atoms with E-state index in [4.69, 9.17) is 0 Å². The summed E-state index contributed by atoms with van der Waals surface area (Å²) in [5, 5.41) is 2.88. The second kappa shape index (κ2) is 7.45. The summed E-state index contributed by atoms with van der Waals surface area (Å²) in [7, 11) is 0. The Balaban J connectivity index is 1.63. The van der Waals surface area contributed by atoms with Gasteiger partial charge in [0.25, 0.3) is 0 Å². The molecule has 128 valence electrons. The van der Waals surface area contributed by atoms with Crippen molar-refractivity contribution in [2.45, 2.75) is 45.3 Å². The highest BCUT2D eigenvalue weighted by atomic mass is 32.1. The molecule has 0 bridgehead atoms. The Hall–Kier alpha value is -1.72. The van der Waals surface area contributed by atoms with Crippen molar-refractivity contribution in [2.75, 3.05) is 6.54 Å². The van der Waals surface area contributed by atoms with Crippen LogP contribution in [0.25, 0.3) is 0 Å². The number of thiophene rings is 1. The standard InChI is InChI=1S/C19H23FN2OS/c1-13-9-10-18(24-13)17-8-5-11-22(17)14(2)19(23)21-12-15-6-3-4-7-16(15)20/h3-4,6-7,9-10,14,17H,5,8,11-12H2,1-2H3,(H,21,23). The molecule has 2 heterocycles. The van der Waals surface area contributed by atoms with Crippen LogP contribution in [0.1, 0.15) is 41.1 Å². The van der Waals surface area contributed by atoms with Gasteiger partial charge in [0.1, 0.15) is 5.82 Å². The van der Waals surface area contributed by atoms with Crippen molar-refractivity contribution in [1.82, 2.24) is 10.2 Å². The normalized spacial score (nSPS) is 19.4. The summed E-state index contributed by atoms with van der Waals surface area (Å²) in [6.07, 6.45) is 2.19. The maximum Gasteiger partial charge on any atom is 0.237 e. The second-order valence-corrected chi connectivity index (χ2v) is 7.65. The minimum absolute atomic E-state index is 0.0431. The summed E-state index contributed by atoms with van der Waals surface area (Å²) in [5.41, 5.74) is 0.518. The van der Waals surface area contributed by atoms with Gasteiger partial charge < -0.3 is 5.32 Å². The van der Waals surface area contributed by atoms with Gasteiger partial charge in [-0.1, -0.05) is 18.2 Å². The van der Waals surface area contributed by atoms with Gasteiger partial charge in [-0.3, -0.25) is 9.69 Å². The minimum atomic E-state index is -0.279. The molecule has 0 aliphatic carbocycles. The average Bonchev–Trinajstić information content (AvgIpc) is 3.21. The molecule has 3 nitrogen and oxygen atoms in total. The van der Waals surface area contributed by atoms with E-state index in [2.05, 4.69) is 29.3 Å².